The quantitative estimate of drug-likeness (QED) is 0.275. The third-order valence-corrected chi connectivity index (χ3v) is 12.5. The topological polar surface area (TPSA) is 87.1 Å². The van der Waals surface area contributed by atoms with Crippen LogP contribution >= 0.6 is 0 Å². The van der Waals surface area contributed by atoms with Crippen molar-refractivity contribution < 1.29 is 23.4 Å². The van der Waals surface area contributed by atoms with E-state index in [0.29, 0.717) is 49.0 Å². The van der Waals surface area contributed by atoms with Gasteiger partial charge in [0.1, 0.15) is 11.5 Å². The van der Waals surface area contributed by atoms with Crippen molar-refractivity contribution in [2.24, 2.45) is 17.3 Å². The van der Waals surface area contributed by atoms with E-state index in [1.807, 2.05) is 12.1 Å². The average Bonchev–Trinajstić information content (AvgIpc) is 3.26. The third kappa shape index (κ3) is 6.33. The smallest absolute Gasteiger partial charge is 0.213 e. The molecule has 3 aliphatic rings. The molecule has 41 heavy (non-hydrogen) atoms. The molecule has 2 saturated carbocycles. The van der Waals surface area contributed by atoms with Crippen LogP contribution in [0.1, 0.15) is 100 Å². The van der Waals surface area contributed by atoms with E-state index >= 15 is 0 Å². The van der Waals surface area contributed by atoms with Crippen LogP contribution in [0.5, 0.6) is 11.5 Å². The molecule has 2 N–H and O–H groups in total. The first-order valence-corrected chi connectivity index (χ1v) is 17.4. The fraction of sp³-hybridized carbons (Fsp3) is 0.647. The van der Waals surface area contributed by atoms with Gasteiger partial charge in [-0.2, -0.15) is 0 Å². The monoisotopic (exact) mass is 583 g/mol. The minimum atomic E-state index is -3.17. The number of aromatic hydroxyl groups is 1. The van der Waals surface area contributed by atoms with Crippen molar-refractivity contribution in [2.75, 3.05) is 26.0 Å². The predicted molar refractivity (Wildman–Crippen MR) is 164 cm³/mol. The molecule has 2 aromatic carbocycles. The van der Waals surface area contributed by atoms with Crippen LogP contribution in [0, 0.1) is 17.3 Å². The normalized spacial score (nSPS) is 29.1. The number of ether oxygens (including phenoxy) is 1. The number of nitrogens with zero attached hydrogens (tertiary/aromatic N) is 1. The zero-order chi connectivity index (χ0) is 29.2. The van der Waals surface area contributed by atoms with Crippen LogP contribution in [-0.4, -0.2) is 55.0 Å². The predicted octanol–water partition coefficient (Wildman–Crippen LogP) is 6.61. The number of fused-ring (bicyclic) bond motifs is 5. The van der Waals surface area contributed by atoms with Crippen molar-refractivity contribution >= 4 is 10.0 Å². The highest BCUT2D eigenvalue weighted by Crippen LogP contribution is 2.65. The van der Waals surface area contributed by atoms with Gasteiger partial charge >= 0.3 is 0 Å². The summed E-state index contributed by atoms with van der Waals surface area (Å²) in [6.07, 6.45) is 9.01. The molecule has 6 nitrogen and oxygen atoms in total. The lowest BCUT2D eigenvalue weighted by Gasteiger charge is -2.54. The van der Waals surface area contributed by atoms with Gasteiger partial charge < -0.3 is 14.9 Å². The summed E-state index contributed by atoms with van der Waals surface area (Å²) in [6, 6.07) is 14.5. The van der Waals surface area contributed by atoms with E-state index in [1.54, 1.807) is 7.05 Å². The maximum Gasteiger partial charge on any atom is 0.213 e. The van der Waals surface area contributed by atoms with Crippen LogP contribution < -0.4 is 4.74 Å². The molecule has 226 valence electrons. The highest BCUT2D eigenvalue weighted by Gasteiger charge is 2.57. The molecule has 0 aromatic heterocycles. The zero-order valence-electron chi connectivity index (χ0n) is 25.1. The Balaban J connectivity index is 1.21. The molecule has 3 aliphatic carbocycles. The lowest BCUT2D eigenvalue weighted by molar-refractivity contribution is -0.0323. The van der Waals surface area contributed by atoms with E-state index in [-0.39, 0.29) is 17.3 Å². The number of sulfonamides is 1. The highest BCUT2D eigenvalue weighted by atomic mass is 32.2. The number of hydrogen-bond donors (Lipinski definition) is 2. The molecule has 0 bridgehead atoms. The van der Waals surface area contributed by atoms with Crippen LogP contribution in [-0.2, 0) is 16.4 Å². The summed E-state index contributed by atoms with van der Waals surface area (Å²) in [4.78, 5) is 0. The van der Waals surface area contributed by atoms with Crippen molar-refractivity contribution in [1.29, 1.82) is 0 Å². The highest BCUT2D eigenvalue weighted by molar-refractivity contribution is 7.89. The van der Waals surface area contributed by atoms with E-state index in [9.17, 15) is 18.6 Å². The minimum absolute atomic E-state index is 0.0618. The van der Waals surface area contributed by atoms with Gasteiger partial charge in [-0.25, -0.2) is 12.7 Å². The summed E-state index contributed by atoms with van der Waals surface area (Å²) in [5.41, 5.74) is 3.89. The third-order valence-electron chi connectivity index (χ3n) is 10.6. The summed E-state index contributed by atoms with van der Waals surface area (Å²) >= 11 is 0. The Morgan fingerprint density at radius 2 is 1.80 bits per heavy atom. The van der Waals surface area contributed by atoms with E-state index in [4.69, 9.17) is 4.74 Å². The molecule has 0 heterocycles. The fourth-order valence-electron chi connectivity index (χ4n) is 8.23. The number of unbranched alkanes of at least 4 members (excludes halogenated alkanes) is 3. The number of phenols is 1. The molecular formula is C34H49NO5S. The van der Waals surface area contributed by atoms with Crippen LogP contribution in [0.4, 0.5) is 0 Å². The first-order valence-electron chi connectivity index (χ1n) is 15.8. The van der Waals surface area contributed by atoms with Crippen LogP contribution in [0.3, 0.4) is 0 Å². The van der Waals surface area contributed by atoms with Crippen molar-refractivity contribution in [3.8, 4) is 11.5 Å². The number of aryl methyl sites for hydroxylation is 1. The Labute approximate surface area is 247 Å². The largest absolute Gasteiger partial charge is 0.508 e. The Morgan fingerprint density at radius 3 is 2.56 bits per heavy atom. The number of hydrogen-bond acceptors (Lipinski definition) is 5. The molecule has 2 fully saturated rings. The number of aliphatic hydroxyl groups is 1. The number of aliphatic hydroxyl groups excluding tert-OH is 1. The molecule has 0 amide bonds. The second-order valence-electron chi connectivity index (χ2n) is 13.1. The van der Waals surface area contributed by atoms with Gasteiger partial charge in [-0.1, -0.05) is 38.5 Å². The summed E-state index contributed by atoms with van der Waals surface area (Å²) in [7, 11) is -1.49. The first kappa shape index (κ1) is 30.4. The lowest BCUT2D eigenvalue weighted by atomic mass is 9.51. The molecule has 7 heteroatoms. The van der Waals surface area contributed by atoms with Gasteiger partial charge in [0, 0.05) is 13.6 Å². The molecule has 6 atom stereocenters. The average molecular weight is 584 g/mol. The molecule has 0 unspecified atom stereocenters. The molecule has 5 rings (SSSR count). The van der Waals surface area contributed by atoms with Crippen molar-refractivity contribution in [2.45, 2.75) is 96.0 Å². The van der Waals surface area contributed by atoms with E-state index < -0.39 is 10.0 Å². The van der Waals surface area contributed by atoms with Gasteiger partial charge in [0.05, 0.1) is 18.5 Å². The fourth-order valence-corrected chi connectivity index (χ4v) is 9.52. The lowest BCUT2D eigenvalue weighted by Crippen LogP contribution is -2.47. The summed E-state index contributed by atoms with van der Waals surface area (Å²) < 4.78 is 32.3. The minimum Gasteiger partial charge on any atom is -0.508 e. The molecule has 0 radical (unpaired) electrons. The molecule has 2 aromatic rings. The second kappa shape index (κ2) is 12.6. The molecule has 0 spiro atoms. The summed E-state index contributed by atoms with van der Waals surface area (Å²) in [6.45, 7) is 5.55. The SMILES string of the molecule is CCCCN(C)S(=O)(=O)CCCCCOc1ccc([C@H]2C[C@]3(C)[C@@H](O)CC[C@H]3[C@@H]3CCc4cc(O)ccc4[C@H]32)cc1. The van der Waals surface area contributed by atoms with Crippen molar-refractivity contribution in [1.82, 2.24) is 4.31 Å². The van der Waals surface area contributed by atoms with E-state index in [0.717, 1.165) is 63.5 Å². The molecule has 0 saturated heterocycles. The molecule has 0 aliphatic heterocycles. The standard InChI is InChI=1S/C34H49NO5S/c1-4-5-19-35(3)41(38,39)21-8-6-7-20-40-27-13-9-24(10-14-27)30-23-34(2)31(17-18-32(34)37)29-15-11-25-22-26(36)12-16-28(25)33(29)30/h9-10,12-14,16,22,29-33,36-37H,4-8,11,15,17-21,23H2,1-3H3/t29-,30+,31-,32-,33+,34-/m0/s1. The van der Waals surface area contributed by atoms with Gasteiger partial charge in [-0.05, 0) is 128 Å². The maximum absolute atomic E-state index is 12.4. The number of rotatable bonds is 12. The number of benzene rings is 2. The van der Waals surface area contributed by atoms with E-state index in [2.05, 4.69) is 44.2 Å². The second-order valence-corrected chi connectivity index (χ2v) is 15.3. The van der Waals surface area contributed by atoms with Gasteiger partial charge in [0.15, 0.2) is 0 Å². The first-order chi connectivity index (χ1) is 19.6. The van der Waals surface area contributed by atoms with Crippen LogP contribution in [0.15, 0.2) is 42.5 Å². The Hall–Kier alpha value is -2.09. The Morgan fingerprint density at radius 1 is 1.02 bits per heavy atom. The van der Waals surface area contributed by atoms with Gasteiger partial charge in [-0.3, -0.25) is 0 Å². The Kier molecular flexibility index (Phi) is 9.37. The zero-order valence-corrected chi connectivity index (χ0v) is 25.9. The Bertz CT molecular complexity index is 1280. The van der Waals surface area contributed by atoms with Crippen molar-refractivity contribution in [3.63, 3.8) is 0 Å². The van der Waals surface area contributed by atoms with Crippen molar-refractivity contribution in [3.05, 3.63) is 59.2 Å². The van der Waals surface area contributed by atoms with Crippen LogP contribution in [0.2, 0.25) is 0 Å². The van der Waals surface area contributed by atoms with E-state index in [1.165, 1.54) is 21.0 Å². The molecular weight excluding hydrogens is 534 g/mol. The van der Waals surface area contributed by atoms with Gasteiger partial charge in [0.25, 0.3) is 0 Å². The van der Waals surface area contributed by atoms with Gasteiger partial charge in [0.2, 0.25) is 10.0 Å². The number of phenolic OH excluding ortho intramolecular Hbond substituents is 1. The summed E-state index contributed by atoms with van der Waals surface area (Å²) in [5.74, 6) is 3.16. The maximum atomic E-state index is 12.4. The van der Waals surface area contributed by atoms with Crippen LogP contribution in [0.25, 0.3) is 0 Å². The van der Waals surface area contributed by atoms with Gasteiger partial charge in [-0.15, -0.1) is 0 Å². The summed E-state index contributed by atoms with van der Waals surface area (Å²) in [5, 5.41) is 21.2.